The van der Waals surface area contributed by atoms with Crippen LogP contribution in [-0.2, 0) is 16.0 Å². The van der Waals surface area contributed by atoms with Crippen LogP contribution in [0, 0.1) is 13.8 Å². The Morgan fingerprint density at radius 1 is 1.03 bits per heavy atom. The number of amides is 2. The molecule has 6 heteroatoms. The maximum atomic E-state index is 13.2. The minimum absolute atomic E-state index is 0.0673. The van der Waals surface area contributed by atoms with E-state index in [4.69, 9.17) is 4.99 Å². The van der Waals surface area contributed by atoms with Gasteiger partial charge >= 0.3 is 0 Å². The first-order chi connectivity index (χ1) is 16.5. The quantitative estimate of drug-likeness (QED) is 0.467. The smallest absolute Gasteiger partial charge is 0.238 e. The highest BCUT2D eigenvalue weighted by Gasteiger charge is 2.35. The number of carbonyl (C=O) groups is 2. The number of rotatable bonds is 7. The number of carbonyl (C=O) groups excluding carboxylic acids is 2. The summed E-state index contributed by atoms with van der Waals surface area (Å²) >= 11 is 1.36. The molecule has 1 N–H and O–H groups in total. The first-order valence-corrected chi connectivity index (χ1v) is 12.4. The van der Waals surface area contributed by atoms with Gasteiger partial charge in [-0.25, -0.2) is 4.99 Å². The third-order valence-corrected chi connectivity index (χ3v) is 6.93. The van der Waals surface area contributed by atoms with Gasteiger partial charge in [-0.15, -0.1) is 0 Å². The van der Waals surface area contributed by atoms with Crippen LogP contribution in [0.15, 0.2) is 83.9 Å². The fourth-order valence-electron chi connectivity index (χ4n) is 3.93. The van der Waals surface area contributed by atoms with Crippen molar-refractivity contribution in [2.45, 2.75) is 38.4 Å². The Hall–Kier alpha value is -3.38. The summed E-state index contributed by atoms with van der Waals surface area (Å²) < 4.78 is 0. The highest BCUT2D eigenvalue weighted by atomic mass is 32.2. The second kappa shape index (κ2) is 11.2. The van der Waals surface area contributed by atoms with Crippen molar-refractivity contribution in [3.8, 4) is 0 Å². The molecule has 0 bridgehead atoms. The minimum atomic E-state index is -0.527. The van der Waals surface area contributed by atoms with E-state index < -0.39 is 5.25 Å². The van der Waals surface area contributed by atoms with Crippen molar-refractivity contribution in [3.63, 3.8) is 0 Å². The number of nitrogens with one attached hydrogen (secondary N) is 1. The van der Waals surface area contributed by atoms with E-state index >= 15 is 0 Å². The summed E-state index contributed by atoms with van der Waals surface area (Å²) in [7, 11) is 0. The van der Waals surface area contributed by atoms with Crippen molar-refractivity contribution in [1.82, 2.24) is 4.90 Å². The molecule has 3 aromatic carbocycles. The number of benzene rings is 3. The molecule has 0 saturated carbocycles. The molecule has 3 aromatic rings. The average Bonchev–Trinajstić information content (AvgIpc) is 2.83. The van der Waals surface area contributed by atoms with Crippen LogP contribution in [0.2, 0.25) is 0 Å². The molecule has 1 unspecified atom stereocenters. The molecule has 5 nitrogen and oxygen atoms in total. The SMILES string of the molecule is Cc1ccc(NC(=O)C2CC(=O)N(CCCc3ccccc3)C(=Nc3ccccc3)S2)c(C)c1. The van der Waals surface area contributed by atoms with Gasteiger partial charge in [0.15, 0.2) is 5.17 Å². The van der Waals surface area contributed by atoms with Crippen molar-refractivity contribution < 1.29 is 9.59 Å². The second-order valence-corrected chi connectivity index (χ2v) is 9.65. The van der Waals surface area contributed by atoms with Crippen LogP contribution in [-0.4, -0.2) is 33.7 Å². The summed E-state index contributed by atoms with van der Waals surface area (Å²) in [6.45, 7) is 4.56. The molecule has 1 atom stereocenters. The molecule has 1 saturated heterocycles. The predicted molar refractivity (Wildman–Crippen MR) is 141 cm³/mol. The van der Waals surface area contributed by atoms with E-state index in [1.165, 1.54) is 17.3 Å². The Balaban J connectivity index is 1.50. The summed E-state index contributed by atoms with van der Waals surface area (Å²) in [6, 6.07) is 25.7. The Kier molecular flexibility index (Phi) is 7.80. The van der Waals surface area contributed by atoms with Crippen molar-refractivity contribution in [2.75, 3.05) is 11.9 Å². The molecule has 174 valence electrons. The fourth-order valence-corrected chi connectivity index (χ4v) is 5.05. The van der Waals surface area contributed by atoms with Crippen LogP contribution < -0.4 is 5.32 Å². The van der Waals surface area contributed by atoms with Crippen molar-refractivity contribution >= 4 is 40.1 Å². The van der Waals surface area contributed by atoms with Gasteiger partial charge in [0.25, 0.3) is 0 Å². The number of para-hydroxylation sites is 1. The summed E-state index contributed by atoms with van der Waals surface area (Å²) in [5, 5.41) is 3.06. The molecule has 0 radical (unpaired) electrons. The molecule has 0 aliphatic carbocycles. The van der Waals surface area contributed by atoms with Gasteiger partial charge < -0.3 is 5.32 Å². The third kappa shape index (κ3) is 6.14. The van der Waals surface area contributed by atoms with E-state index in [9.17, 15) is 9.59 Å². The zero-order chi connectivity index (χ0) is 23.9. The largest absolute Gasteiger partial charge is 0.325 e. The number of aliphatic imine (C=N–C) groups is 1. The summed E-state index contributed by atoms with van der Waals surface area (Å²) in [5.74, 6) is -0.239. The fraction of sp³-hybridized carbons (Fsp3) is 0.250. The van der Waals surface area contributed by atoms with Gasteiger partial charge in [0.2, 0.25) is 11.8 Å². The first kappa shape index (κ1) is 23.8. The van der Waals surface area contributed by atoms with Gasteiger partial charge in [-0.05, 0) is 56.0 Å². The first-order valence-electron chi connectivity index (χ1n) is 11.5. The van der Waals surface area contributed by atoms with E-state index in [1.54, 1.807) is 4.90 Å². The zero-order valence-electron chi connectivity index (χ0n) is 19.5. The summed E-state index contributed by atoms with van der Waals surface area (Å²) in [4.78, 5) is 32.8. The van der Waals surface area contributed by atoms with Crippen LogP contribution in [0.25, 0.3) is 0 Å². The number of nitrogens with zero attached hydrogens (tertiary/aromatic N) is 2. The Morgan fingerprint density at radius 3 is 2.44 bits per heavy atom. The van der Waals surface area contributed by atoms with Crippen molar-refractivity contribution in [2.24, 2.45) is 4.99 Å². The molecule has 2 amide bonds. The zero-order valence-corrected chi connectivity index (χ0v) is 20.3. The van der Waals surface area contributed by atoms with E-state index in [0.29, 0.717) is 11.7 Å². The van der Waals surface area contributed by atoms with Crippen LogP contribution in [0.1, 0.15) is 29.5 Å². The topological polar surface area (TPSA) is 61.8 Å². The number of amidine groups is 1. The Bertz CT molecular complexity index is 1180. The lowest BCUT2D eigenvalue weighted by molar-refractivity contribution is -0.129. The lowest BCUT2D eigenvalue weighted by Gasteiger charge is -2.32. The van der Waals surface area contributed by atoms with Crippen molar-refractivity contribution in [1.29, 1.82) is 0 Å². The molecule has 1 fully saturated rings. The maximum absolute atomic E-state index is 13.2. The normalized spacial score (nSPS) is 17.1. The number of aryl methyl sites for hydroxylation is 3. The average molecular weight is 472 g/mol. The summed E-state index contributed by atoms with van der Waals surface area (Å²) in [6.07, 6.45) is 1.86. The third-order valence-electron chi connectivity index (χ3n) is 5.74. The van der Waals surface area contributed by atoms with Crippen molar-refractivity contribution in [3.05, 3.63) is 95.6 Å². The Morgan fingerprint density at radius 2 is 1.74 bits per heavy atom. The summed E-state index contributed by atoms with van der Waals surface area (Å²) in [5.41, 5.74) is 4.92. The lowest BCUT2D eigenvalue weighted by Crippen LogP contribution is -2.45. The number of anilines is 1. The van der Waals surface area contributed by atoms with Gasteiger partial charge in [0.05, 0.1) is 5.69 Å². The van der Waals surface area contributed by atoms with Gasteiger partial charge in [0.1, 0.15) is 5.25 Å². The second-order valence-electron chi connectivity index (χ2n) is 8.48. The van der Waals surface area contributed by atoms with E-state index in [1.807, 2.05) is 80.6 Å². The standard InChI is InChI=1S/C28H29N3O2S/c1-20-15-16-24(21(2)18-20)30-27(33)25-19-26(32)31(17-9-12-22-10-5-3-6-11-22)28(34-25)29-23-13-7-4-8-14-23/h3-8,10-11,13-16,18,25H,9,12,17,19H2,1-2H3,(H,30,33). The van der Waals surface area contributed by atoms with Crippen LogP contribution in [0.3, 0.4) is 0 Å². The molecular formula is C28H29N3O2S. The molecule has 4 rings (SSSR count). The molecule has 34 heavy (non-hydrogen) atoms. The molecule has 1 aliphatic rings. The molecule has 1 aliphatic heterocycles. The van der Waals surface area contributed by atoms with E-state index in [-0.39, 0.29) is 18.2 Å². The van der Waals surface area contributed by atoms with Gasteiger partial charge in [0, 0.05) is 18.7 Å². The predicted octanol–water partition coefficient (Wildman–Crippen LogP) is 5.90. The molecular weight excluding hydrogens is 442 g/mol. The van der Waals surface area contributed by atoms with Gasteiger partial charge in [-0.2, -0.15) is 0 Å². The lowest BCUT2D eigenvalue weighted by atomic mass is 10.1. The highest BCUT2D eigenvalue weighted by Crippen LogP contribution is 2.30. The number of thioether (sulfide) groups is 1. The van der Waals surface area contributed by atoms with Gasteiger partial charge in [-0.1, -0.05) is 78.0 Å². The maximum Gasteiger partial charge on any atom is 0.238 e. The number of hydrogen-bond donors (Lipinski definition) is 1. The van der Waals surface area contributed by atoms with E-state index in [0.717, 1.165) is 35.3 Å². The van der Waals surface area contributed by atoms with E-state index in [2.05, 4.69) is 17.4 Å². The number of hydrogen-bond acceptors (Lipinski definition) is 4. The van der Waals surface area contributed by atoms with Crippen LogP contribution >= 0.6 is 11.8 Å². The van der Waals surface area contributed by atoms with Gasteiger partial charge in [-0.3, -0.25) is 14.5 Å². The monoisotopic (exact) mass is 471 g/mol. The minimum Gasteiger partial charge on any atom is -0.325 e. The molecule has 0 aromatic heterocycles. The highest BCUT2D eigenvalue weighted by molar-refractivity contribution is 8.15. The van der Waals surface area contributed by atoms with Crippen LogP contribution in [0.5, 0.6) is 0 Å². The molecule has 0 spiro atoms. The molecule has 1 heterocycles. The Labute approximate surface area is 205 Å². The van der Waals surface area contributed by atoms with Crippen LogP contribution in [0.4, 0.5) is 11.4 Å².